The van der Waals surface area contributed by atoms with Crippen LogP contribution in [0.4, 0.5) is 0 Å². The van der Waals surface area contributed by atoms with Crippen molar-refractivity contribution in [1.82, 2.24) is 10.2 Å². The number of likely N-dealkylation sites (N-methyl/N-ethyl adjacent to an activating group) is 1. The van der Waals surface area contributed by atoms with Gasteiger partial charge in [-0.3, -0.25) is 0 Å². The zero-order valence-electron chi connectivity index (χ0n) is 12.3. The Morgan fingerprint density at radius 1 is 1.05 bits per heavy atom. The molecule has 19 heavy (non-hydrogen) atoms. The summed E-state index contributed by atoms with van der Waals surface area (Å²) in [5, 5.41) is 3.36. The van der Waals surface area contributed by atoms with E-state index in [9.17, 15) is 0 Å². The molecule has 0 aliphatic carbocycles. The van der Waals surface area contributed by atoms with Gasteiger partial charge < -0.3 is 19.7 Å². The highest BCUT2D eigenvalue weighted by molar-refractivity contribution is 5.39. The molecule has 0 aliphatic rings. The molecule has 0 fully saturated rings. The van der Waals surface area contributed by atoms with Crippen LogP contribution in [0.1, 0.15) is 13.8 Å². The van der Waals surface area contributed by atoms with Crippen LogP contribution < -0.4 is 14.8 Å². The molecule has 0 atom stereocenters. The van der Waals surface area contributed by atoms with E-state index in [0.29, 0.717) is 13.2 Å². The average Bonchev–Trinajstić information content (AvgIpc) is 2.44. The third kappa shape index (κ3) is 6.45. The van der Waals surface area contributed by atoms with Crippen LogP contribution in [0.15, 0.2) is 24.3 Å². The molecule has 0 spiro atoms. The number of benzene rings is 1. The van der Waals surface area contributed by atoms with E-state index in [4.69, 9.17) is 9.47 Å². The lowest BCUT2D eigenvalue weighted by atomic mass is 10.3. The third-order valence-electron chi connectivity index (χ3n) is 2.90. The van der Waals surface area contributed by atoms with E-state index in [2.05, 4.69) is 24.2 Å². The number of nitrogens with zero attached hydrogens (tertiary/aromatic N) is 1. The fraction of sp³-hybridized carbons (Fsp3) is 0.600. The van der Waals surface area contributed by atoms with E-state index in [1.807, 2.05) is 31.2 Å². The summed E-state index contributed by atoms with van der Waals surface area (Å²) in [5.74, 6) is 1.63. The van der Waals surface area contributed by atoms with Crippen LogP contribution in [0.5, 0.6) is 11.5 Å². The molecule has 1 N–H and O–H groups in total. The van der Waals surface area contributed by atoms with Crippen LogP contribution in [0, 0.1) is 0 Å². The van der Waals surface area contributed by atoms with Crippen molar-refractivity contribution < 1.29 is 9.47 Å². The third-order valence-corrected chi connectivity index (χ3v) is 2.90. The van der Waals surface area contributed by atoms with E-state index in [0.717, 1.165) is 37.7 Å². The number of rotatable bonds is 10. The van der Waals surface area contributed by atoms with E-state index in [1.54, 1.807) is 0 Å². The second-order valence-corrected chi connectivity index (χ2v) is 4.37. The minimum atomic E-state index is 0.653. The summed E-state index contributed by atoms with van der Waals surface area (Å²) in [4.78, 5) is 2.28. The highest BCUT2D eigenvalue weighted by Crippen LogP contribution is 2.25. The van der Waals surface area contributed by atoms with Crippen LogP contribution in [0.25, 0.3) is 0 Å². The van der Waals surface area contributed by atoms with Crippen LogP contribution >= 0.6 is 0 Å². The van der Waals surface area contributed by atoms with Gasteiger partial charge in [0.25, 0.3) is 0 Å². The number of hydrogen-bond donors (Lipinski definition) is 1. The Morgan fingerprint density at radius 3 is 2.37 bits per heavy atom. The van der Waals surface area contributed by atoms with Gasteiger partial charge in [-0.1, -0.05) is 19.1 Å². The van der Waals surface area contributed by atoms with Gasteiger partial charge in [-0.05, 0) is 32.6 Å². The van der Waals surface area contributed by atoms with Crippen molar-refractivity contribution in [1.29, 1.82) is 0 Å². The van der Waals surface area contributed by atoms with E-state index in [-0.39, 0.29) is 0 Å². The molecule has 0 aliphatic heterocycles. The lowest BCUT2D eigenvalue weighted by molar-refractivity contribution is 0.272. The van der Waals surface area contributed by atoms with Crippen molar-refractivity contribution in [2.45, 2.75) is 13.8 Å². The van der Waals surface area contributed by atoms with Gasteiger partial charge in [0.15, 0.2) is 11.5 Å². The van der Waals surface area contributed by atoms with Gasteiger partial charge in [-0.15, -0.1) is 0 Å². The smallest absolute Gasteiger partial charge is 0.161 e. The summed E-state index contributed by atoms with van der Waals surface area (Å²) in [6.07, 6.45) is 0. The Hall–Kier alpha value is -1.26. The van der Waals surface area contributed by atoms with Crippen molar-refractivity contribution in [2.75, 3.05) is 46.4 Å². The van der Waals surface area contributed by atoms with Gasteiger partial charge in [0, 0.05) is 19.6 Å². The van der Waals surface area contributed by atoms with Crippen LogP contribution in [0.3, 0.4) is 0 Å². The van der Waals surface area contributed by atoms with Gasteiger partial charge in [0.05, 0.1) is 6.61 Å². The second-order valence-electron chi connectivity index (χ2n) is 4.37. The second kappa shape index (κ2) is 9.64. The zero-order valence-corrected chi connectivity index (χ0v) is 12.3. The van der Waals surface area contributed by atoms with E-state index in [1.165, 1.54) is 0 Å². The first-order chi connectivity index (χ1) is 9.27. The minimum Gasteiger partial charge on any atom is -0.490 e. The van der Waals surface area contributed by atoms with Gasteiger partial charge in [-0.2, -0.15) is 0 Å². The zero-order chi connectivity index (χ0) is 13.9. The predicted molar refractivity (Wildman–Crippen MR) is 79.1 cm³/mol. The molecular formula is C15H26N2O2. The fourth-order valence-electron chi connectivity index (χ4n) is 1.63. The van der Waals surface area contributed by atoms with Gasteiger partial charge in [0.1, 0.15) is 6.61 Å². The van der Waals surface area contributed by atoms with Crippen molar-refractivity contribution in [3.63, 3.8) is 0 Å². The fourth-order valence-corrected chi connectivity index (χ4v) is 1.63. The predicted octanol–water partition coefficient (Wildman–Crippen LogP) is 2.01. The molecule has 108 valence electrons. The molecule has 1 rings (SSSR count). The van der Waals surface area contributed by atoms with Crippen molar-refractivity contribution >= 4 is 0 Å². The maximum atomic E-state index is 5.72. The lowest BCUT2D eigenvalue weighted by Crippen LogP contribution is -2.31. The van der Waals surface area contributed by atoms with E-state index < -0.39 is 0 Å². The molecule has 0 bridgehead atoms. The first-order valence-electron chi connectivity index (χ1n) is 7.01. The molecule has 0 saturated heterocycles. The Morgan fingerprint density at radius 2 is 1.74 bits per heavy atom. The molecule has 0 unspecified atom stereocenters. The molecule has 0 heterocycles. The standard InChI is InChI=1S/C15H26N2O2/c1-4-17(3)12-10-16-11-13-19-15-9-7-6-8-14(15)18-5-2/h6-9,16H,4-5,10-13H2,1-3H3. The van der Waals surface area contributed by atoms with E-state index >= 15 is 0 Å². The number of nitrogens with one attached hydrogen (secondary N) is 1. The van der Waals surface area contributed by atoms with Crippen LogP contribution in [0.2, 0.25) is 0 Å². The maximum absolute atomic E-state index is 5.72. The molecule has 0 radical (unpaired) electrons. The van der Waals surface area contributed by atoms with Crippen LogP contribution in [-0.4, -0.2) is 51.3 Å². The first-order valence-corrected chi connectivity index (χ1v) is 7.01. The molecule has 0 saturated carbocycles. The number of ether oxygens (including phenoxy) is 2. The molecule has 0 amide bonds. The summed E-state index contributed by atoms with van der Waals surface area (Å²) in [5.41, 5.74) is 0. The summed E-state index contributed by atoms with van der Waals surface area (Å²) in [6.45, 7) is 9.42. The average molecular weight is 266 g/mol. The highest BCUT2D eigenvalue weighted by atomic mass is 16.5. The Bertz CT molecular complexity index is 345. The molecule has 1 aromatic carbocycles. The Labute approximate surface area is 116 Å². The molecule has 0 aromatic heterocycles. The van der Waals surface area contributed by atoms with Crippen molar-refractivity contribution in [3.05, 3.63) is 24.3 Å². The molecule has 1 aromatic rings. The maximum Gasteiger partial charge on any atom is 0.161 e. The molecule has 4 nitrogen and oxygen atoms in total. The highest BCUT2D eigenvalue weighted by Gasteiger charge is 2.02. The summed E-state index contributed by atoms with van der Waals surface area (Å²) in [6, 6.07) is 7.79. The van der Waals surface area contributed by atoms with Gasteiger partial charge in [-0.25, -0.2) is 0 Å². The van der Waals surface area contributed by atoms with Crippen LogP contribution in [-0.2, 0) is 0 Å². The quantitative estimate of drug-likeness (QED) is 0.657. The van der Waals surface area contributed by atoms with Crippen molar-refractivity contribution in [3.8, 4) is 11.5 Å². The van der Waals surface area contributed by atoms with Gasteiger partial charge in [0.2, 0.25) is 0 Å². The van der Waals surface area contributed by atoms with Gasteiger partial charge >= 0.3 is 0 Å². The summed E-state index contributed by atoms with van der Waals surface area (Å²) < 4.78 is 11.2. The topological polar surface area (TPSA) is 33.7 Å². The number of hydrogen-bond acceptors (Lipinski definition) is 4. The monoisotopic (exact) mass is 266 g/mol. The Balaban J connectivity index is 2.18. The largest absolute Gasteiger partial charge is 0.490 e. The lowest BCUT2D eigenvalue weighted by Gasteiger charge is -2.14. The first kappa shape index (κ1) is 15.8. The Kier molecular flexibility index (Phi) is 8.02. The SMILES string of the molecule is CCOc1ccccc1OCCNCCN(C)CC. The number of para-hydroxylation sites is 2. The normalized spacial score (nSPS) is 10.7. The molecule has 4 heteroatoms. The minimum absolute atomic E-state index is 0.653. The summed E-state index contributed by atoms with van der Waals surface area (Å²) >= 11 is 0. The summed E-state index contributed by atoms with van der Waals surface area (Å²) in [7, 11) is 2.12. The molecular weight excluding hydrogens is 240 g/mol. The van der Waals surface area contributed by atoms with Crippen molar-refractivity contribution in [2.24, 2.45) is 0 Å².